The monoisotopic (exact) mass is 276 g/mol. The zero-order valence-electron chi connectivity index (χ0n) is 8.71. The van der Waals surface area contributed by atoms with E-state index in [1.807, 2.05) is 13.8 Å². The van der Waals surface area contributed by atoms with Gasteiger partial charge in [0.2, 0.25) is 0 Å². The molecule has 15 heavy (non-hydrogen) atoms. The minimum absolute atomic E-state index is 0.209. The predicted octanol–water partition coefficient (Wildman–Crippen LogP) is 1.41. The third kappa shape index (κ3) is 1.57. The normalized spacial score (nSPS) is 38.2. The molecule has 0 N–H and O–H groups in total. The highest BCUT2D eigenvalue weighted by atomic mass is 79.9. The highest BCUT2D eigenvalue weighted by Crippen LogP contribution is 2.48. The zero-order chi connectivity index (χ0) is 11.3. The SMILES string of the molecule is CC1(C)C[C@@]2(C[C@H](CBr)OC2=O)C(=O)O1. The maximum Gasteiger partial charge on any atom is 0.324 e. The molecule has 84 valence electrons. The average molecular weight is 277 g/mol. The van der Waals surface area contributed by atoms with E-state index < -0.39 is 23.0 Å². The molecule has 0 saturated carbocycles. The number of hydrogen-bond acceptors (Lipinski definition) is 4. The molecule has 2 heterocycles. The van der Waals surface area contributed by atoms with Crippen molar-refractivity contribution in [2.24, 2.45) is 5.41 Å². The second-order valence-corrected chi connectivity index (χ2v) is 5.44. The fourth-order valence-electron chi connectivity index (χ4n) is 2.36. The van der Waals surface area contributed by atoms with Crippen LogP contribution in [0.5, 0.6) is 0 Å². The Kier molecular flexibility index (Phi) is 2.33. The van der Waals surface area contributed by atoms with E-state index in [0.717, 1.165) is 0 Å². The lowest BCUT2D eigenvalue weighted by Gasteiger charge is -2.15. The molecule has 2 aliphatic rings. The zero-order valence-corrected chi connectivity index (χ0v) is 10.3. The van der Waals surface area contributed by atoms with Gasteiger partial charge in [0.05, 0.1) is 0 Å². The van der Waals surface area contributed by atoms with E-state index in [2.05, 4.69) is 15.9 Å². The maximum atomic E-state index is 11.7. The Morgan fingerprint density at radius 3 is 2.47 bits per heavy atom. The first-order valence-electron chi connectivity index (χ1n) is 4.90. The van der Waals surface area contributed by atoms with E-state index in [9.17, 15) is 9.59 Å². The minimum atomic E-state index is -1.04. The van der Waals surface area contributed by atoms with E-state index in [4.69, 9.17) is 9.47 Å². The molecule has 2 fully saturated rings. The van der Waals surface area contributed by atoms with Crippen LogP contribution in [0.4, 0.5) is 0 Å². The number of hydrogen-bond donors (Lipinski definition) is 0. The Morgan fingerprint density at radius 2 is 2.07 bits per heavy atom. The first-order chi connectivity index (χ1) is 6.89. The summed E-state index contributed by atoms with van der Waals surface area (Å²) in [5.41, 5.74) is -1.60. The van der Waals surface area contributed by atoms with Crippen molar-refractivity contribution >= 4 is 27.9 Å². The highest BCUT2D eigenvalue weighted by molar-refractivity contribution is 9.09. The molecule has 5 heteroatoms. The number of ether oxygens (including phenoxy) is 2. The maximum absolute atomic E-state index is 11.7. The third-order valence-corrected chi connectivity index (χ3v) is 3.62. The van der Waals surface area contributed by atoms with Crippen molar-refractivity contribution in [2.45, 2.75) is 38.4 Å². The largest absolute Gasteiger partial charge is 0.461 e. The fourth-order valence-corrected chi connectivity index (χ4v) is 2.72. The molecule has 1 spiro atoms. The molecule has 2 atom stereocenters. The van der Waals surface area contributed by atoms with Gasteiger partial charge in [0, 0.05) is 18.2 Å². The molecular weight excluding hydrogens is 264 g/mol. The molecule has 2 rings (SSSR count). The summed E-state index contributed by atoms with van der Waals surface area (Å²) in [4.78, 5) is 23.5. The van der Waals surface area contributed by atoms with Crippen LogP contribution >= 0.6 is 15.9 Å². The Balaban J connectivity index is 2.28. The fraction of sp³-hybridized carbons (Fsp3) is 0.800. The molecule has 0 bridgehead atoms. The van der Waals surface area contributed by atoms with Gasteiger partial charge < -0.3 is 9.47 Å². The van der Waals surface area contributed by atoms with Crippen LogP contribution in [0.1, 0.15) is 26.7 Å². The van der Waals surface area contributed by atoms with Crippen molar-refractivity contribution < 1.29 is 19.1 Å². The first-order valence-corrected chi connectivity index (χ1v) is 6.02. The van der Waals surface area contributed by atoms with Crippen molar-refractivity contribution in [3.8, 4) is 0 Å². The van der Waals surface area contributed by atoms with Gasteiger partial charge in [-0.05, 0) is 13.8 Å². The number of rotatable bonds is 1. The minimum Gasteiger partial charge on any atom is -0.461 e. The molecule has 4 nitrogen and oxygen atoms in total. The molecule has 0 unspecified atom stereocenters. The second-order valence-electron chi connectivity index (χ2n) is 4.79. The summed E-state index contributed by atoms with van der Waals surface area (Å²) >= 11 is 3.25. The number of carbonyl (C=O) groups excluding carboxylic acids is 2. The van der Waals surface area contributed by atoms with Gasteiger partial charge in [-0.1, -0.05) is 15.9 Å². The van der Waals surface area contributed by atoms with Gasteiger partial charge >= 0.3 is 11.9 Å². The number of alkyl halides is 1. The molecule has 0 aromatic heterocycles. The van der Waals surface area contributed by atoms with Gasteiger partial charge in [-0.25, -0.2) is 0 Å². The highest BCUT2D eigenvalue weighted by Gasteiger charge is 2.63. The number of halogens is 1. The van der Waals surface area contributed by atoms with Crippen molar-refractivity contribution in [1.82, 2.24) is 0 Å². The van der Waals surface area contributed by atoms with Crippen molar-refractivity contribution in [3.05, 3.63) is 0 Å². The Bertz CT molecular complexity index is 325. The smallest absolute Gasteiger partial charge is 0.324 e. The lowest BCUT2D eigenvalue weighted by molar-refractivity contribution is -0.159. The topological polar surface area (TPSA) is 52.6 Å². The molecule has 0 radical (unpaired) electrons. The van der Waals surface area contributed by atoms with Gasteiger partial charge in [0.25, 0.3) is 0 Å². The molecule has 2 aliphatic heterocycles. The van der Waals surface area contributed by atoms with Crippen LogP contribution in [0.2, 0.25) is 0 Å². The van der Waals surface area contributed by atoms with Gasteiger partial charge in [0.15, 0.2) is 5.41 Å². The molecule has 2 saturated heterocycles. The summed E-state index contributed by atoms with van der Waals surface area (Å²) < 4.78 is 10.3. The quantitative estimate of drug-likeness (QED) is 0.413. The number of cyclic esters (lactones) is 2. The Hall–Kier alpha value is -0.580. The van der Waals surface area contributed by atoms with E-state index in [-0.39, 0.29) is 6.10 Å². The van der Waals surface area contributed by atoms with Gasteiger partial charge in [0.1, 0.15) is 11.7 Å². The van der Waals surface area contributed by atoms with Gasteiger partial charge in [-0.3, -0.25) is 9.59 Å². The molecule has 0 amide bonds. The van der Waals surface area contributed by atoms with Crippen LogP contribution in [0.3, 0.4) is 0 Å². The number of esters is 2. The van der Waals surface area contributed by atoms with Crippen molar-refractivity contribution in [3.63, 3.8) is 0 Å². The van der Waals surface area contributed by atoms with Gasteiger partial charge in [-0.15, -0.1) is 0 Å². The van der Waals surface area contributed by atoms with Crippen LogP contribution in [0.15, 0.2) is 0 Å². The van der Waals surface area contributed by atoms with Crippen LogP contribution in [-0.2, 0) is 19.1 Å². The van der Waals surface area contributed by atoms with E-state index in [1.165, 1.54) is 0 Å². The van der Waals surface area contributed by atoms with Crippen molar-refractivity contribution in [2.75, 3.05) is 5.33 Å². The predicted molar refractivity (Wildman–Crippen MR) is 55.5 cm³/mol. The van der Waals surface area contributed by atoms with Crippen molar-refractivity contribution in [1.29, 1.82) is 0 Å². The van der Waals surface area contributed by atoms with E-state index >= 15 is 0 Å². The standard InChI is InChI=1S/C10H13BrO4/c1-9(2)5-10(8(13)15-9)3-6(4-11)14-7(10)12/h6H,3-5H2,1-2H3/t6-,10-/m1/s1. The van der Waals surface area contributed by atoms with E-state index in [1.54, 1.807) is 0 Å². The summed E-state index contributed by atoms with van der Waals surface area (Å²) in [6, 6.07) is 0. The molecule has 0 aromatic carbocycles. The summed E-state index contributed by atoms with van der Waals surface area (Å²) in [7, 11) is 0. The lowest BCUT2D eigenvalue weighted by atomic mass is 9.79. The first kappa shape index (κ1) is 10.9. The second kappa shape index (κ2) is 3.20. The molecule has 0 aliphatic carbocycles. The van der Waals surface area contributed by atoms with Crippen LogP contribution in [0.25, 0.3) is 0 Å². The third-order valence-electron chi connectivity index (χ3n) is 2.90. The summed E-state index contributed by atoms with van der Waals surface area (Å²) in [6.45, 7) is 3.63. The molecule has 0 aromatic rings. The lowest BCUT2D eigenvalue weighted by Crippen LogP contribution is -2.31. The van der Waals surface area contributed by atoms with E-state index in [0.29, 0.717) is 18.2 Å². The van der Waals surface area contributed by atoms with Crippen LogP contribution in [-0.4, -0.2) is 29.0 Å². The average Bonchev–Trinajstić information content (AvgIpc) is 2.53. The molecular formula is C10H13BrO4. The van der Waals surface area contributed by atoms with Crippen LogP contribution < -0.4 is 0 Å². The summed E-state index contributed by atoms with van der Waals surface area (Å²) in [6.07, 6.45) is 0.638. The Morgan fingerprint density at radius 1 is 1.40 bits per heavy atom. The van der Waals surface area contributed by atoms with Gasteiger partial charge in [-0.2, -0.15) is 0 Å². The summed E-state index contributed by atoms with van der Waals surface area (Å²) in [5.74, 6) is -0.858. The van der Waals surface area contributed by atoms with Crippen LogP contribution in [0, 0.1) is 5.41 Å². The number of carbonyl (C=O) groups is 2. The summed E-state index contributed by atoms with van der Waals surface area (Å²) in [5, 5.41) is 0.564. The Labute approximate surface area is 96.4 Å².